The fraction of sp³-hybridized carbons (Fsp3) is 0.900. The van der Waals surface area contributed by atoms with E-state index in [0.717, 1.165) is 13.0 Å². The Bertz CT molecular complexity index is 176. The topological polar surface area (TPSA) is 50.4 Å². The standard InChI is InChI=1S/C10H21N3S/c1-14-8-4-7-12-10(11)13-9-5-2-3-6-9/h9H,2-8H2,1H3,(H3,11,12,13). The van der Waals surface area contributed by atoms with Crippen molar-refractivity contribution in [2.75, 3.05) is 18.6 Å². The van der Waals surface area contributed by atoms with Crippen LogP contribution in [0.25, 0.3) is 0 Å². The molecule has 82 valence electrons. The molecule has 0 heterocycles. The minimum Gasteiger partial charge on any atom is -0.370 e. The van der Waals surface area contributed by atoms with Crippen molar-refractivity contribution in [2.24, 2.45) is 10.7 Å². The number of nitrogens with one attached hydrogen (secondary N) is 1. The van der Waals surface area contributed by atoms with Crippen molar-refractivity contribution in [2.45, 2.75) is 38.1 Å². The van der Waals surface area contributed by atoms with Gasteiger partial charge in [-0.05, 0) is 31.3 Å². The highest BCUT2D eigenvalue weighted by Crippen LogP contribution is 2.17. The Morgan fingerprint density at radius 2 is 2.21 bits per heavy atom. The average Bonchev–Trinajstić information content (AvgIpc) is 2.65. The molecule has 0 aliphatic heterocycles. The summed E-state index contributed by atoms with van der Waals surface area (Å²) in [6.45, 7) is 0.854. The maximum Gasteiger partial charge on any atom is 0.188 e. The van der Waals surface area contributed by atoms with Crippen LogP contribution in [-0.2, 0) is 0 Å². The van der Waals surface area contributed by atoms with E-state index in [2.05, 4.69) is 16.6 Å². The summed E-state index contributed by atoms with van der Waals surface area (Å²) in [7, 11) is 0. The van der Waals surface area contributed by atoms with Gasteiger partial charge in [-0.15, -0.1) is 0 Å². The molecular weight excluding hydrogens is 194 g/mol. The van der Waals surface area contributed by atoms with Crippen LogP contribution in [0.4, 0.5) is 0 Å². The predicted molar refractivity (Wildman–Crippen MR) is 64.9 cm³/mol. The second-order valence-corrected chi connectivity index (χ2v) is 4.72. The Labute approximate surface area is 90.9 Å². The van der Waals surface area contributed by atoms with Crippen molar-refractivity contribution >= 4 is 17.7 Å². The summed E-state index contributed by atoms with van der Waals surface area (Å²) in [5.41, 5.74) is 5.77. The lowest BCUT2D eigenvalue weighted by atomic mass is 10.2. The summed E-state index contributed by atoms with van der Waals surface area (Å²) < 4.78 is 0. The quantitative estimate of drug-likeness (QED) is 0.416. The van der Waals surface area contributed by atoms with E-state index in [0.29, 0.717) is 12.0 Å². The molecule has 3 nitrogen and oxygen atoms in total. The van der Waals surface area contributed by atoms with E-state index >= 15 is 0 Å². The number of aliphatic imine (C=N–C) groups is 1. The van der Waals surface area contributed by atoms with Crippen molar-refractivity contribution in [1.29, 1.82) is 0 Å². The molecule has 0 aromatic carbocycles. The highest BCUT2D eigenvalue weighted by Gasteiger charge is 2.14. The van der Waals surface area contributed by atoms with Crippen LogP contribution in [0, 0.1) is 0 Å². The number of nitrogens with zero attached hydrogens (tertiary/aromatic N) is 1. The van der Waals surface area contributed by atoms with Gasteiger partial charge >= 0.3 is 0 Å². The SMILES string of the molecule is CSCCCN=C(N)NC1CCCC1. The summed E-state index contributed by atoms with van der Waals surface area (Å²) in [6.07, 6.45) is 8.40. The van der Waals surface area contributed by atoms with Crippen molar-refractivity contribution < 1.29 is 0 Å². The van der Waals surface area contributed by atoms with E-state index in [-0.39, 0.29) is 0 Å². The van der Waals surface area contributed by atoms with Crippen LogP contribution in [0.2, 0.25) is 0 Å². The molecule has 0 aromatic heterocycles. The molecule has 1 rings (SSSR count). The summed E-state index contributed by atoms with van der Waals surface area (Å²) in [4.78, 5) is 4.30. The Kier molecular flexibility index (Phi) is 5.83. The number of rotatable bonds is 5. The van der Waals surface area contributed by atoms with Gasteiger partial charge in [0.15, 0.2) is 5.96 Å². The minimum absolute atomic E-state index is 0.583. The van der Waals surface area contributed by atoms with E-state index in [1.807, 2.05) is 11.8 Å². The Morgan fingerprint density at radius 1 is 1.50 bits per heavy atom. The molecule has 0 aromatic rings. The Morgan fingerprint density at radius 3 is 2.86 bits per heavy atom. The van der Waals surface area contributed by atoms with Crippen LogP contribution < -0.4 is 11.1 Å². The van der Waals surface area contributed by atoms with Gasteiger partial charge in [0.1, 0.15) is 0 Å². The molecule has 0 spiro atoms. The van der Waals surface area contributed by atoms with Crippen molar-refractivity contribution in [1.82, 2.24) is 5.32 Å². The summed E-state index contributed by atoms with van der Waals surface area (Å²) in [5, 5.41) is 3.28. The third-order valence-electron chi connectivity index (χ3n) is 2.50. The third kappa shape index (κ3) is 4.74. The first kappa shape index (κ1) is 11.7. The fourth-order valence-corrected chi connectivity index (χ4v) is 2.15. The van der Waals surface area contributed by atoms with Crippen LogP contribution in [0.3, 0.4) is 0 Å². The molecule has 0 unspecified atom stereocenters. The lowest BCUT2D eigenvalue weighted by Crippen LogP contribution is -2.38. The van der Waals surface area contributed by atoms with E-state index in [1.54, 1.807) is 0 Å². The van der Waals surface area contributed by atoms with Gasteiger partial charge in [-0.25, -0.2) is 0 Å². The number of thioether (sulfide) groups is 1. The first-order chi connectivity index (χ1) is 6.83. The van der Waals surface area contributed by atoms with Crippen molar-refractivity contribution in [3.8, 4) is 0 Å². The molecule has 1 aliphatic rings. The van der Waals surface area contributed by atoms with Gasteiger partial charge in [0, 0.05) is 12.6 Å². The first-order valence-corrected chi connectivity index (χ1v) is 6.77. The zero-order valence-corrected chi connectivity index (χ0v) is 9.78. The van der Waals surface area contributed by atoms with Crippen LogP contribution in [-0.4, -0.2) is 30.6 Å². The minimum atomic E-state index is 0.583. The maximum absolute atomic E-state index is 5.77. The largest absolute Gasteiger partial charge is 0.370 e. The number of hydrogen-bond acceptors (Lipinski definition) is 2. The average molecular weight is 215 g/mol. The molecule has 3 N–H and O–H groups in total. The monoisotopic (exact) mass is 215 g/mol. The van der Waals surface area contributed by atoms with Gasteiger partial charge in [-0.2, -0.15) is 11.8 Å². The van der Waals surface area contributed by atoms with E-state index < -0.39 is 0 Å². The molecule has 0 bridgehead atoms. The summed E-state index contributed by atoms with van der Waals surface area (Å²) in [5.74, 6) is 1.80. The highest BCUT2D eigenvalue weighted by atomic mass is 32.2. The lowest BCUT2D eigenvalue weighted by molar-refractivity contribution is 0.625. The normalized spacial score (nSPS) is 18.8. The summed E-state index contributed by atoms with van der Waals surface area (Å²) >= 11 is 1.86. The molecule has 4 heteroatoms. The molecule has 0 amide bonds. The second kappa shape index (κ2) is 6.98. The molecule has 0 atom stereocenters. The van der Waals surface area contributed by atoms with Crippen LogP contribution in [0.15, 0.2) is 4.99 Å². The van der Waals surface area contributed by atoms with Crippen LogP contribution in [0.5, 0.6) is 0 Å². The van der Waals surface area contributed by atoms with Crippen LogP contribution in [0.1, 0.15) is 32.1 Å². The molecule has 1 saturated carbocycles. The molecular formula is C10H21N3S. The number of hydrogen-bond donors (Lipinski definition) is 2. The van der Waals surface area contributed by atoms with Gasteiger partial charge < -0.3 is 11.1 Å². The smallest absolute Gasteiger partial charge is 0.188 e. The van der Waals surface area contributed by atoms with Gasteiger partial charge in [0.25, 0.3) is 0 Å². The zero-order valence-electron chi connectivity index (χ0n) is 8.96. The van der Waals surface area contributed by atoms with Gasteiger partial charge in [-0.1, -0.05) is 12.8 Å². The molecule has 0 radical (unpaired) electrons. The Balaban J connectivity index is 2.09. The van der Waals surface area contributed by atoms with E-state index in [4.69, 9.17) is 5.73 Å². The van der Waals surface area contributed by atoms with Crippen LogP contribution >= 0.6 is 11.8 Å². The van der Waals surface area contributed by atoms with Gasteiger partial charge in [-0.3, -0.25) is 4.99 Å². The highest BCUT2D eigenvalue weighted by molar-refractivity contribution is 7.98. The molecule has 14 heavy (non-hydrogen) atoms. The van der Waals surface area contributed by atoms with Gasteiger partial charge in [0.2, 0.25) is 0 Å². The van der Waals surface area contributed by atoms with Crippen molar-refractivity contribution in [3.05, 3.63) is 0 Å². The summed E-state index contributed by atoms with van der Waals surface area (Å²) in [6, 6.07) is 0.583. The molecule has 0 saturated heterocycles. The zero-order chi connectivity index (χ0) is 10.2. The van der Waals surface area contributed by atoms with Crippen molar-refractivity contribution in [3.63, 3.8) is 0 Å². The second-order valence-electron chi connectivity index (χ2n) is 3.74. The first-order valence-electron chi connectivity index (χ1n) is 5.38. The third-order valence-corrected chi connectivity index (χ3v) is 3.19. The van der Waals surface area contributed by atoms with E-state index in [9.17, 15) is 0 Å². The lowest BCUT2D eigenvalue weighted by Gasteiger charge is -2.11. The predicted octanol–water partition coefficient (Wildman–Crippen LogP) is 1.59. The van der Waals surface area contributed by atoms with Gasteiger partial charge in [0.05, 0.1) is 0 Å². The number of guanidine groups is 1. The molecule has 1 aliphatic carbocycles. The maximum atomic E-state index is 5.77. The van der Waals surface area contributed by atoms with E-state index in [1.165, 1.54) is 31.4 Å². The fourth-order valence-electron chi connectivity index (χ4n) is 1.73. The Hall–Kier alpha value is -0.380. The molecule has 1 fully saturated rings. The number of nitrogens with two attached hydrogens (primary N) is 1.